The molecule has 2 aromatic heterocycles. The van der Waals surface area contributed by atoms with E-state index in [0.717, 1.165) is 27.3 Å². The molecule has 160 valence electrons. The summed E-state index contributed by atoms with van der Waals surface area (Å²) in [5.41, 5.74) is 2.85. The maximum Gasteiger partial charge on any atom is 0.210 e. The van der Waals surface area contributed by atoms with Gasteiger partial charge in [0.2, 0.25) is 5.13 Å². The van der Waals surface area contributed by atoms with E-state index < -0.39 is 0 Å². The molecule has 0 unspecified atom stereocenters. The number of thioether (sulfide) groups is 1. The first kappa shape index (κ1) is 20.5. The van der Waals surface area contributed by atoms with E-state index in [-0.39, 0.29) is 5.82 Å². The second-order valence-corrected chi connectivity index (χ2v) is 9.03. The second kappa shape index (κ2) is 8.97. The Morgan fingerprint density at radius 1 is 1.03 bits per heavy atom. The molecule has 0 atom stereocenters. The van der Waals surface area contributed by atoms with Crippen LogP contribution in [0, 0.1) is 5.82 Å². The molecule has 9 heteroatoms. The van der Waals surface area contributed by atoms with Crippen molar-refractivity contribution in [3.8, 4) is 11.4 Å². The van der Waals surface area contributed by atoms with Crippen LogP contribution in [-0.2, 0) is 5.75 Å². The number of para-hydroxylation sites is 2. The fraction of sp³-hybridized carbons (Fsp3) is 0.0870. The molecule has 0 bridgehead atoms. The molecule has 5 rings (SSSR count). The smallest absolute Gasteiger partial charge is 0.210 e. The number of ether oxygens (including phenoxy) is 1. The van der Waals surface area contributed by atoms with Crippen molar-refractivity contribution in [3.63, 3.8) is 0 Å². The SMILES string of the molecule is COc1cccc(Nc2nnc(SCc3nc4cccc(F)c4n3-c3ccccc3)s2)c1. The van der Waals surface area contributed by atoms with E-state index >= 15 is 0 Å². The fourth-order valence-corrected chi connectivity index (χ4v) is 5.05. The van der Waals surface area contributed by atoms with Crippen molar-refractivity contribution in [2.75, 3.05) is 12.4 Å². The minimum atomic E-state index is -0.296. The average molecular weight is 464 g/mol. The molecule has 0 radical (unpaired) electrons. The van der Waals surface area contributed by atoms with Gasteiger partial charge in [0, 0.05) is 17.4 Å². The van der Waals surface area contributed by atoms with Crippen LogP contribution in [-0.4, -0.2) is 26.9 Å². The van der Waals surface area contributed by atoms with E-state index in [0.29, 0.717) is 21.9 Å². The summed E-state index contributed by atoms with van der Waals surface area (Å²) >= 11 is 2.97. The van der Waals surface area contributed by atoms with Gasteiger partial charge in [-0.3, -0.25) is 4.57 Å². The van der Waals surface area contributed by atoms with Gasteiger partial charge in [0.1, 0.15) is 22.9 Å². The molecule has 0 aliphatic heterocycles. The van der Waals surface area contributed by atoms with Crippen LogP contribution >= 0.6 is 23.1 Å². The summed E-state index contributed by atoms with van der Waals surface area (Å²) in [6.07, 6.45) is 0. The Balaban J connectivity index is 1.39. The summed E-state index contributed by atoms with van der Waals surface area (Å²) in [5, 5.41) is 12.4. The zero-order valence-electron chi connectivity index (χ0n) is 17.0. The lowest BCUT2D eigenvalue weighted by atomic mass is 10.2. The van der Waals surface area contributed by atoms with Crippen LogP contribution < -0.4 is 10.1 Å². The maximum atomic E-state index is 14.7. The van der Waals surface area contributed by atoms with Crippen LogP contribution in [0.5, 0.6) is 5.75 Å². The highest BCUT2D eigenvalue weighted by Crippen LogP contribution is 2.32. The number of nitrogens with zero attached hydrogens (tertiary/aromatic N) is 4. The Bertz CT molecular complexity index is 1370. The van der Waals surface area contributed by atoms with Gasteiger partial charge in [0.15, 0.2) is 4.34 Å². The van der Waals surface area contributed by atoms with Gasteiger partial charge in [-0.15, -0.1) is 10.2 Å². The predicted molar refractivity (Wildman–Crippen MR) is 127 cm³/mol. The van der Waals surface area contributed by atoms with Crippen molar-refractivity contribution in [2.45, 2.75) is 10.1 Å². The molecule has 3 aromatic carbocycles. The molecule has 1 N–H and O–H groups in total. The van der Waals surface area contributed by atoms with Crippen LogP contribution in [0.3, 0.4) is 0 Å². The lowest BCUT2D eigenvalue weighted by Gasteiger charge is -2.09. The molecule has 32 heavy (non-hydrogen) atoms. The number of nitrogens with one attached hydrogen (secondary N) is 1. The number of aromatic nitrogens is 4. The highest BCUT2D eigenvalue weighted by atomic mass is 32.2. The first-order valence-corrected chi connectivity index (χ1v) is 11.6. The zero-order valence-corrected chi connectivity index (χ0v) is 18.7. The van der Waals surface area contributed by atoms with Gasteiger partial charge in [-0.05, 0) is 36.4 Å². The van der Waals surface area contributed by atoms with Crippen molar-refractivity contribution < 1.29 is 9.13 Å². The molecule has 0 aliphatic carbocycles. The zero-order chi connectivity index (χ0) is 21.9. The number of hydrogen-bond donors (Lipinski definition) is 1. The number of halogens is 1. The Hall–Kier alpha value is -3.43. The molecule has 0 spiro atoms. The molecular formula is C23H18FN5OS2. The van der Waals surface area contributed by atoms with Gasteiger partial charge < -0.3 is 10.1 Å². The number of fused-ring (bicyclic) bond motifs is 1. The summed E-state index contributed by atoms with van der Waals surface area (Å²) in [6, 6.07) is 22.3. The van der Waals surface area contributed by atoms with E-state index in [1.165, 1.54) is 29.2 Å². The molecule has 0 saturated heterocycles. The fourth-order valence-electron chi connectivity index (χ4n) is 3.35. The number of rotatable bonds is 7. The topological polar surface area (TPSA) is 64.9 Å². The second-order valence-electron chi connectivity index (χ2n) is 6.83. The lowest BCUT2D eigenvalue weighted by Crippen LogP contribution is -2.01. The highest BCUT2D eigenvalue weighted by molar-refractivity contribution is 8.00. The van der Waals surface area contributed by atoms with Crippen LogP contribution in [0.15, 0.2) is 77.1 Å². The minimum absolute atomic E-state index is 0.296. The van der Waals surface area contributed by atoms with E-state index in [4.69, 9.17) is 4.74 Å². The molecule has 0 amide bonds. The number of imidazole rings is 1. The monoisotopic (exact) mass is 463 g/mol. The van der Waals surface area contributed by atoms with E-state index in [1.54, 1.807) is 13.2 Å². The van der Waals surface area contributed by atoms with Crippen molar-refractivity contribution in [1.29, 1.82) is 0 Å². The van der Waals surface area contributed by atoms with E-state index in [2.05, 4.69) is 20.5 Å². The van der Waals surface area contributed by atoms with Crippen LogP contribution in [0.25, 0.3) is 16.7 Å². The largest absolute Gasteiger partial charge is 0.497 e. The summed E-state index contributed by atoms with van der Waals surface area (Å²) in [5.74, 6) is 1.74. The number of benzene rings is 3. The Labute approximate surface area is 192 Å². The van der Waals surface area contributed by atoms with E-state index in [1.807, 2.05) is 65.2 Å². The van der Waals surface area contributed by atoms with Crippen LogP contribution in [0.1, 0.15) is 5.82 Å². The molecule has 0 fully saturated rings. The molecule has 6 nitrogen and oxygen atoms in total. The highest BCUT2D eigenvalue weighted by Gasteiger charge is 2.17. The third-order valence-corrected chi connectivity index (χ3v) is 6.73. The van der Waals surface area contributed by atoms with Crippen molar-refractivity contribution in [3.05, 3.63) is 84.4 Å². The number of anilines is 2. The third-order valence-electron chi connectivity index (χ3n) is 4.76. The first-order valence-electron chi connectivity index (χ1n) is 9.80. The Morgan fingerprint density at radius 2 is 1.88 bits per heavy atom. The van der Waals surface area contributed by atoms with Crippen molar-refractivity contribution in [2.24, 2.45) is 0 Å². The van der Waals surface area contributed by atoms with E-state index in [9.17, 15) is 4.39 Å². The van der Waals surface area contributed by atoms with Crippen molar-refractivity contribution >= 4 is 45.0 Å². The lowest BCUT2D eigenvalue weighted by molar-refractivity contribution is 0.415. The molecule has 5 aromatic rings. The number of methoxy groups -OCH3 is 1. The van der Waals surface area contributed by atoms with Crippen LogP contribution in [0.2, 0.25) is 0 Å². The maximum absolute atomic E-state index is 14.7. The minimum Gasteiger partial charge on any atom is -0.497 e. The molecular weight excluding hydrogens is 445 g/mol. The average Bonchev–Trinajstić information content (AvgIpc) is 3.43. The van der Waals surface area contributed by atoms with Gasteiger partial charge in [-0.2, -0.15) is 0 Å². The van der Waals surface area contributed by atoms with Gasteiger partial charge in [0.05, 0.1) is 18.4 Å². The normalized spacial score (nSPS) is 11.1. The first-order chi connectivity index (χ1) is 15.7. The summed E-state index contributed by atoms with van der Waals surface area (Å²) in [7, 11) is 1.63. The Morgan fingerprint density at radius 3 is 2.72 bits per heavy atom. The predicted octanol–water partition coefficient (Wildman–Crippen LogP) is 6.06. The Kier molecular flexibility index (Phi) is 5.74. The molecule has 0 saturated carbocycles. The standard InChI is InChI=1S/C23H18FN5OS2/c1-30-17-10-5-7-15(13-17)25-22-27-28-23(32-22)31-14-20-26-19-12-6-11-18(24)21(19)29(20)16-8-3-2-4-9-16/h2-13H,14H2,1H3,(H,25,27). The van der Waals surface area contributed by atoms with Crippen LogP contribution in [0.4, 0.5) is 15.2 Å². The van der Waals surface area contributed by atoms with Gasteiger partial charge in [-0.1, -0.05) is 53.4 Å². The molecule has 0 aliphatic rings. The summed E-state index contributed by atoms with van der Waals surface area (Å²) < 4.78 is 22.6. The number of hydrogen-bond acceptors (Lipinski definition) is 7. The van der Waals surface area contributed by atoms with Gasteiger partial charge in [-0.25, -0.2) is 9.37 Å². The van der Waals surface area contributed by atoms with Crippen molar-refractivity contribution in [1.82, 2.24) is 19.7 Å². The quantitative estimate of drug-likeness (QED) is 0.296. The van der Waals surface area contributed by atoms with Gasteiger partial charge in [0.25, 0.3) is 0 Å². The van der Waals surface area contributed by atoms with Gasteiger partial charge >= 0.3 is 0 Å². The summed E-state index contributed by atoms with van der Waals surface area (Å²) in [4.78, 5) is 4.69. The third kappa shape index (κ3) is 4.17. The molecule has 2 heterocycles. The summed E-state index contributed by atoms with van der Waals surface area (Å²) in [6.45, 7) is 0.